The van der Waals surface area contributed by atoms with Crippen LogP contribution in [-0.4, -0.2) is 34.6 Å². The molecular formula is C30H29ClN2O5S. The lowest BCUT2D eigenvalue weighted by molar-refractivity contribution is 0.0947. The molecule has 0 aliphatic carbocycles. The zero-order valence-electron chi connectivity index (χ0n) is 21.6. The Bertz CT molecular complexity index is 1530. The van der Waals surface area contributed by atoms with E-state index in [-0.39, 0.29) is 17.3 Å². The number of benzene rings is 4. The van der Waals surface area contributed by atoms with Crippen LogP contribution in [0.2, 0.25) is 5.02 Å². The number of ether oxygens (including phenoxy) is 2. The Morgan fingerprint density at radius 1 is 0.897 bits per heavy atom. The number of carbonyl (C=O) groups excluding carboxylic acids is 1. The van der Waals surface area contributed by atoms with Crippen LogP contribution in [0.5, 0.6) is 11.5 Å². The molecule has 4 aromatic carbocycles. The summed E-state index contributed by atoms with van der Waals surface area (Å²) >= 11 is 6.24. The maximum absolute atomic E-state index is 13.7. The van der Waals surface area contributed by atoms with E-state index in [9.17, 15) is 13.2 Å². The Balaban J connectivity index is 1.45. The Kier molecular flexibility index (Phi) is 9.11. The second-order valence-electron chi connectivity index (χ2n) is 8.74. The van der Waals surface area contributed by atoms with E-state index in [1.54, 1.807) is 86.0 Å². The predicted molar refractivity (Wildman–Crippen MR) is 153 cm³/mol. The molecular weight excluding hydrogens is 536 g/mol. The minimum Gasteiger partial charge on any atom is -0.497 e. The first-order valence-corrected chi connectivity index (χ1v) is 14.1. The van der Waals surface area contributed by atoms with Gasteiger partial charge in [0.2, 0.25) is 0 Å². The number of carbonyl (C=O) groups is 1. The van der Waals surface area contributed by atoms with Gasteiger partial charge >= 0.3 is 0 Å². The van der Waals surface area contributed by atoms with Gasteiger partial charge in [0.05, 0.1) is 30.8 Å². The molecule has 39 heavy (non-hydrogen) atoms. The minimum atomic E-state index is -3.89. The number of halogens is 1. The highest BCUT2D eigenvalue weighted by Crippen LogP contribution is 2.31. The highest BCUT2D eigenvalue weighted by molar-refractivity contribution is 7.92. The van der Waals surface area contributed by atoms with Crippen molar-refractivity contribution >= 4 is 33.2 Å². The molecule has 0 radical (unpaired) electrons. The highest BCUT2D eigenvalue weighted by atomic mass is 35.5. The molecule has 0 aromatic heterocycles. The van der Waals surface area contributed by atoms with E-state index in [0.717, 1.165) is 5.56 Å². The van der Waals surface area contributed by atoms with Crippen LogP contribution in [0.3, 0.4) is 0 Å². The average molecular weight is 565 g/mol. The van der Waals surface area contributed by atoms with Gasteiger partial charge in [0.15, 0.2) is 0 Å². The standard InChI is InChI=1S/C30H29ClN2O5S/c1-22-11-16-25(31)19-29(22)33(39(35,36)28-9-4-3-5-10-28)21-23-12-14-24(15-13-23)30(34)32-17-18-38-27-8-6-7-26(20-27)37-2/h3-16,19-20H,17-18,21H2,1-2H3,(H,32,34). The highest BCUT2D eigenvalue weighted by Gasteiger charge is 2.26. The Hall–Kier alpha value is -4.01. The molecule has 0 bridgehead atoms. The van der Waals surface area contributed by atoms with E-state index in [2.05, 4.69) is 5.32 Å². The van der Waals surface area contributed by atoms with Gasteiger partial charge in [0.25, 0.3) is 15.9 Å². The zero-order valence-corrected chi connectivity index (χ0v) is 23.2. The molecule has 0 saturated heterocycles. The van der Waals surface area contributed by atoms with E-state index < -0.39 is 10.0 Å². The van der Waals surface area contributed by atoms with E-state index in [4.69, 9.17) is 21.1 Å². The monoisotopic (exact) mass is 564 g/mol. The van der Waals surface area contributed by atoms with E-state index in [0.29, 0.717) is 46.5 Å². The molecule has 0 atom stereocenters. The molecule has 0 aliphatic heterocycles. The minimum absolute atomic E-state index is 0.0642. The average Bonchev–Trinajstić information content (AvgIpc) is 2.96. The summed E-state index contributed by atoms with van der Waals surface area (Å²) in [7, 11) is -2.30. The number of nitrogens with zero attached hydrogens (tertiary/aromatic N) is 1. The summed E-state index contributed by atoms with van der Waals surface area (Å²) in [5.74, 6) is 1.09. The smallest absolute Gasteiger partial charge is 0.264 e. The Morgan fingerprint density at radius 3 is 2.33 bits per heavy atom. The predicted octanol–water partition coefficient (Wildman–Crippen LogP) is 5.86. The molecule has 0 aliphatic rings. The molecule has 1 amide bonds. The Morgan fingerprint density at radius 2 is 1.62 bits per heavy atom. The molecule has 202 valence electrons. The van der Waals surface area contributed by atoms with Crippen molar-refractivity contribution < 1.29 is 22.7 Å². The number of hydrogen-bond acceptors (Lipinski definition) is 5. The fourth-order valence-electron chi connectivity index (χ4n) is 3.92. The van der Waals surface area contributed by atoms with Crippen molar-refractivity contribution in [1.29, 1.82) is 0 Å². The van der Waals surface area contributed by atoms with Crippen LogP contribution >= 0.6 is 11.6 Å². The topological polar surface area (TPSA) is 84.9 Å². The van der Waals surface area contributed by atoms with Crippen molar-refractivity contribution in [3.8, 4) is 11.5 Å². The van der Waals surface area contributed by atoms with Gasteiger partial charge in [-0.3, -0.25) is 9.10 Å². The van der Waals surface area contributed by atoms with Crippen LogP contribution < -0.4 is 19.1 Å². The van der Waals surface area contributed by atoms with Crippen molar-refractivity contribution in [3.63, 3.8) is 0 Å². The lowest BCUT2D eigenvalue weighted by Crippen LogP contribution is -2.31. The summed E-state index contributed by atoms with van der Waals surface area (Å²) in [6.45, 7) is 2.51. The zero-order chi connectivity index (χ0) is 27.8. The van der Waals surface area contributed by atoms with Gasteiger partial charge in [-0.15, -0.1) is 0 Å². The first kappa shape index (κ1) is 28.0. The van der Waals surface area contributed by atoms with Crippen LogP contribution in [0.4, 0.5) is 5.69 Å². The van der Waals surface area contributed by atoms with Crippen LogP contribution in [0, 0.1) is 6.92 Å². The normalized spacial score (nSPS) is 11.1. The SMILES string of the molecule is COc1cccc(OCCNC(=O)c2ccc(CN(c3cc(Cl)ccc3C)S(=O)(=O)c3ccccc3)cc2)c1. The van der Waals surface area contributed by atoms with Crippen LogP contribution in [0.15, 0.2) is 102 Å². The van der Waals surface area contributed by atoms with Gasteiger partial charge in [-0.25, -0.2) is 8.42 Å². The number of aryl methyl sites for hydroxylation is 1. The molecule has 0 unspecified atom stereocenters. The second-order valence-corrected chi connectivity index (χ2v) is 11.0. The maximum Gasteiger partial charge on any atom is 0.264 e. The summed E-state index contributed by atoms with van der Waals surface area (Å²) in [6, 6.07) is 27.5. The summed E-state index contributed by atoms with van der Waals surface area (Å²) in [6.07, 6.45) is 0. The van der Waals surface area contributed by atoms with Crippen LogP contribution in [0.1, 0.15) is 21.5 Å². The summed E-state index contributed by atoms with van der Waals surface area (Å²) in [4.78, 5) is 12.8. The van der Waals surface area contributed by atoms with Crippen LogP contribution in [-0.2, 0) is 16.6 Å². The maximum atomic E-state index is 13.7. The number of amides is 1. The second kappa shape index (κ2) is 12.7. The quantitative estimate of drug-likeness (QED) is 0.231. The molecule has 0 heterocycles. The van der Waals surface area contributed by atoms with Gasteiger partial charge in [-0.1, -0.05) is 54.1 Å². The number of anilines is 1. The fourth-order valence-corrected chi connectivity index (χ4v) is 5.62. The summed E-state index contributed by atoms with van der Waals surface area (Å²) in [5.41, 5.74) is 2.43. The van der Waals surface area contributed by atoms with Crippen molar-refractivity contribution in [3.05, 3.63) is 119 Å². The van der Waals surface area contributed by atoms with Gasteiger partial charge in [0, 0.05) is 16.7 Å². The van der Waals surface area contributed by atoms with E-state index in [1.165, 1.54) is 4.31 Å². The van der Waals surface area contributed by atoms with E-state index >= 15 is 0 Å². The van der Waals surface area contributed by atoms with Crippen molar-refractivity contribution in [2.75, 3.05) is 24.6 Å². The number of hydrogen-bond donors (Lipinski definition) is 1. The molecule has 1 N–H and O–H groups in total. The molecule has 0 fully saturated rings. The fraction of sp³-hybridized carbons (Fsp3) is 0.167. The molecule has 4 aromatic rings. The van der Waals surface area contributed by atoms with Gasteiger partial charge in [0.1, 0.15) is 18.1 Å². The van der Waals surface area contributed by atoms with Crippen molar-refractivity contribution in [2.24, 2.45) is 0 Å². The molecule has 7 nitrogen and oxygen atoms in total. The van der Waals surface area contributed by atoms with Crippen molar-refractivity contribution in [1.82, 2.24) is 5.32 Å². The third-order valence-corrected chi connectivity index (χ3v) is 8.02. The number of methoxy groups -OCH3 is 1. The molecule has 4 rings (SSSR count). The number of rotatable bonds is 11. The van der Waals surface area contributed by atoms with E-state index in [1.807, 2.05) is 25.1 Å². The largest absolute Gasteiger partial charge is 0.497 e. The van der Waals surface area contributed by atoms with Crippen LogP contribution in [0.25, 0.3) is 0 Å². The van der Waals surface area contributed by atoms with Crippen molar-refractivity contribution in [2.45, 2.75) is 18.4 Å². The number of nitrogens with one attached hydrogen (secondary N) is 1. The Labute approximate surface area is 234 Å². The first-order chi connectivity index (χ1) is 18.8. The summed E-state index contributed by atoms with van der Waals surface area (Å²) < 4.78 is 39.5. The molecule has 9 heteroatoms. The van der Waals surface area contributed by atoms with Gasteiger partial charge in [-0.2, -0.15) is 0 Å². The summed E-state index contributed by atoms with van der Waals surface area (Å²) in [5, 5.41) is 3.26. The third-order valence-electron chi connectivity index (χ3n) is 6.01. The lowest BCUT2D eigenvalue weighted by Gasteiger charge is -2.26. The molecule has 0 saturated carbocycles. The lowest BCUT2D eigenvalue weighted by atomic mass is 10.1. The van der Waals surface area contributed by atoms with Gasteiger partial charge in [-0.05, 0) is 66.6 Å². The first-order valence-electron chi connectivity index (χ1n) is 12.3. The number of sulfonamides is 1. The van der Waals surface area contributed by atoms with Gasteiger partial charge < -0.3 is 14.8 Å². The molecule has 0 spiro atoms. The third kappa shape index (κ3) is 7.10.